The van der Waals surface area contributed by atoms with E-state index in [-0.39, 0.29) is 29.8 Å². The maximum absolute atomic E-state index is 13.4. The van der Waals surface area contributed by atoms with Gasteiger partial charge in [-0.3, -0.25) is 9.59 Å². The first-order chi connectivity index (χ1) is 14.1. The quantitative estimate of drug-likeness (QED) is 0.745. The van der Waals surface area contributed by atoms with Crippen LogP contribution in [-0.2, 0) is 9.53 Å². The summed E-state index contributed by atoms with van der Waals surface area (Å²) in [5.74, 6) is 0.0442. The van der Waals surface area contributed by atoms with E-state index in [9.17, 15) is 9.59 Å². The number of ether oxygens (including phenoxy) is 1. The molecule has 2 N–H and O–H groups in total. The molecule has 1 aromatic carbocycles. The van der Waals surface area contributed by atoms with Crippen molar-refractivity contribution in [1.82, 2.24) is 19.8 Å². The summed E-state index contributed by atoms with van der Waals surface area (Å²) >= 11 is 0. The molecule has 4 rings (SSSR count). The van der Waals surface area contributed by atoms with E-state index in [0.717, 1.165) is 12.0 Å². The van der Waals surface area contributed by atoms with Gasteiger partial charge in [-0.2, -0.15) is 0 Å². The lowest BCUT2D eigenvalue weighted by Gasteiger charge is -2.25. The molecule has 0 saturated carbocycles. The fourth-order valence-corrected chi connectivity index (χ4v) is 4.30. The van der Waals surface area contributed by atoms with Crippen LogP contribution in [0.15, 0.2) is 36.5 Å². The normalized spacial score (nSPS) is 20.9. The number of anilines is 1. The molecule has 8 heteroatoms. The highest BCUT2D eigenvalue weighted by atomic mass is 16.5. The van der Waals surface area contributed by atoms with E-state index in [1.165, 1.54) is 6.20 Å². The molecule has 2 aliphatic rings. The molecule has 2 aliphatic heterocycles. The maximum Gasteiger partial charge on any atom is 0.257 e. The predicted molar refractivity (Wildman–Crippen MR) is 108 cm³/mol. The Morgan fingerprint density at radius 2 is 2.07 bits per heavy atom. The second-order valence-electron chi connectivity index (χ2n) is 7.27. The van der Waals surface area contributed by atoms with Crippen LogP contribution in [0.3, 0.4) is 0 Å². The Hall–Kier alpha value is -3.00. The highest BCUT2D eigenvalue weighted by Gasteiger charge is 2.48. The summed E-state index contributed by atoms with van der Waals surface area (Å²) in [5.41, 5.74) is 7.52. The number of fused-ring (bicyclic) bond motifs is 1. The minimum absolute atomic E-state index is 0.0433. The molecule has 1 aromatic heterocycles. The highest BCUT2D eigenvalue weighted by molar-refractivity contribution is 6.00. The van der Waals surface area contributed by atoms with Crippen LogP contribution in [0.25, 0.3) is 11.3 Å². The third-order valence-electron chi connectivity index (χ3n) is 5.64. The summed E-state index contributed by atoms with van der Waals surface area (Å²) in [6, 6.07) is 9.38. The Balaban J connectivity index is 1.58. The first kappa shape index (κ1) is 19.3. The van der Waals surface area contributed by atoms with Gasteiger partial charge >= 0.3 is 0 Å². The Morgan fingerprint density at radius 3 is 2.83 bits per heavy atom. The van der Waals surface area contributed by atoms with Crippen molar-refractivity contribution in [2.45, 2.75) is 31.8 Å². The molecule has 3 heterocycles. The largest absolute Gasteiger partial charge is 0.380 e. The van der Waals surface area contributed by atoms with Gasteiger partial charge in [0.2, 0.25) is 11.9 Å². The zero-order chi connectivity index (χ0) is 20.4. The van der Waals surface area contributed by atoms with E-state index in [0.29, 0.717) is 44.0 Å². The lowest BCUT2D eigenvalue weighted by atomic mass is 10.1. The van der Waals surface area contributed by atoms with Gasteiger partial charge in [0.05, 0.1) is 29.9 Å². The molecular weight excluding hydrogens is 370 g/mol. The summed E-state index contributed by atoms with van der Waals surface area (Å²) in [5, 5.41) is 0. The molecule has 2 aromatic rings. The number of carbonyl (C=O) groups is 2. The number of aromatic nitrogens is 2. The Kier molecular flexibility index (Phi) is 5.44. The van der Waals surface area contributed by atoms with Crippen molar-refractivity contribution in [3.63, 3.8) is 0 Å². The van der Waals surface area contributed by atoms with Gasteiger partial charge in [0.25, 0.3) is 5.91 Å². The number of nitrogens with zero attached hydrogens (tertiary/aromatic N) is 4. The van der Waals surface area contributed by atoms with Crippen LogP contribution in [0.4, 0.5) is 5.95 Å². The van der Waals surface area contributed by atoms with Crippen molar-refractivity contribution in [3.8, 4) is 11.3 Å². The summed E-state index contributed by atoms with van der Waals surface area (Å²) < 4.78 is 5.41. The Morgan fingerprint density at radius 1 is 1.28 bits per heavy atom. The van der Waals surface area contributed by atoms with Crippen LogP contribution < -0.4 is 5.73 Å². The molecule has 2 fully saturated rings. The minimum atomic E-state index is -0.157. The van der Waals surface area contributed by atoms with E-state index >= 15 is 0 Å². The van der Waals surface area contributed by atoms with Crippen LogP contribution in [0.1, 0.15) is 30.1 Å². The molecule has 2 amide bonds. The van der Waals surface area contributed by atoms with Gasteiger partial charge in [-0.25, -0.2) is 9.97 Å². The van der Waals surface area contributed by atoms with Gasteiger partial charge < -0.3 is 20.3 Å². The van der Waals surface area contributed by atoms with E-state index in [2.05, 4.69) is 9.97 Å². The van der Waals surface area contributed by atoms with E-state index in [4.69, 9.17) is 10.5 Å². The number of nitrogen functional groups attached to an aromatic ring is 1. The molecule has 2 atom stereocenters. The highest BCUT2D eigenvalue weighted by Crippen LogP contribution is 2.34. The van der Waals surface area contributed by atoms with E-state index in [1.807, 2.05) is 42.2 Å². The molecule has 29 heavy (non-hydrogen) atoms. The average molecular weight is 395 g/mol. The zero-order valence-electron chi connectivity index (χ0n) is 16.5. The number of amides is 2. The van der Waals surface area contributed by atoms with Crippen LogP contribution >= 0.6 is 0 Å². The van der Waals surface area contributed by atoms with E-state index in [1.54, 1.807) is 4.90 Å². The van der Waals surface area contributed by atoms with Crippen molar-refractivity contribution in [2.24, 2.45) is 0 Å². The van der Waals surface area contributed by atoms with Crippen molar-refractivity contribution < 1.29 is 14.3 Å². The first-order valence-corrected chi connectivity index (χ1v) is 9.96. The second-order valence-corrected chi connectivity index (χ2v) is 7.27. The van der Waals surface area contributed by atoms with Crippen molar-refractivity contribution in [1.29, 1.82) is 0 Å². The standard InChI is InChI=1S/C21H25N5O3/c1-2-29-11-10-25-16-8-9-26(17(16)12-18(25)27)20(28)15-13-23-21(22)24-19(15)14-6-4-3-5-7-14/h3-7,13,16-17H,2,8-12H2,1H3,(H2,22,23,24)/t16-,17-/m0/s1. The zero-order valence-corrected chi connectivity index (χ0v) is 16.5. The van der Waals surface area contributed by atoms with Crippen molar-refractivity contribution in [3.05, 3.63) is 42.1 Å². The van der Waals surface area contributed by atoms with E-state index < -0.39 is 0 Å². The molecule has 0 bridgehead atoms. The Bertz CT molecular complexity index is 904. The molecule has 0 radical (unpaired) electrons. The number of nitrogens with two attached hydrogens (primary N) is 1. The van der Waals surface area contributed by atoms with Crippen molar-refractivity contribution >= 4 is 17.8 Å². The van der Waals surface area contributed by atoms with Gasteiger partial charge in [-0.15, -0.1) is 0 Å². The van der Waals surface area contributed by atoms with Crippen molar-refractivity contribution in [2.75, 3.05) is 32.0 Å². The number of hydrogen-bond donors (Lipinski definition) is 1. The van der Waals surface area contributed by atoms with Gasteiger partial charge in [-0.1, -0.05) is 30.3 Å². The monoisotopic (exact) mass is 395 g/mol. The molecule has 0 aliphatic carbocycles. The Labute approximate surface area is 169 Å². The summed E-state index contributed by atoms with van der Waals surface area (Å²) in [4.78, 5) is 38.0. The molecule has 2 saturated heterocycles. The van der Waals surface area contributed by atoms with Gasteiger partial charge in [0, 0.05) is 37.9 Å². The summed E-state index contributed by atoms with van der Waals surface area (Å²) in [6.45, 7) is 4.24. The average Bonchev–Trinajstić information content (AvgIpc) is 3.27. The summed E-state index contributed by atoms with van der Waals surface area (Å²) in [6.07, 6.45) is 2.60. The van der Waals surface area contributed by atoms with Crippen LogP contribution in [0.2, 0.25) is 0 Å². The third-order valence-corrected chi connectivity index (χ3v) is 5.64. The lowest BCUT2D eigenvalue weighted by molar-refractivity contribution is -0.129. The molecule has 152 valence electrons. The SMILES string of the molecule is CCOCCN1C(=O)C[C@H]2[C@@H]1CCN2C(=O)c1cnc(N)nc1-c1ccccc1. The fourth-order valence-electron chi connectivity index (χ4n) is 4.30. The van der Waals surface area contributed by atoms with Crippen LogP contribution in [0.5, 0.6) is 0 Å². The fraction of sp³-hybridized carbons (Fsp3) is 0.429. The van der Waals surface area contributed by atoms with Gasteiger partial charge in [-0.05, 0) is 13.3 Å². The number of likely N-dealkylation sites (tertiary alicyclic amines) is 2. The van der Waals surface area contributed by atoms with Gasteiger partial charge in [0.15, 0.2) is 0 Å². The second kappa shape index (κ2) is 8.16. The van der Waals surface area contributed by atoms with Crippen LogP contribution in [0, 0.1) is 0 Å². The predicted octanol–water partition coefficient (Wildman–Crippen LogP) is 1.58. The first-order valence-electron chi connectivity index (χ1n) is 9.96. The topological polar surface area (TPSA) is 102 Å². The molecule has 0 unspecified atom stereocenters. The third kappa shape index (κ3) is 3.67. The molecule has 8 nitrogen and oxygen atoms in total. The number of carbonyl (C=O) groups excluding carboxylic acids is 2. The number of benzene rings is 1. The maximum atomic E-state index is 13.4. The number of rotatable bonds is 6. The molecule has 0 spiro atoms. The summed E-state index contributed by atoms with van der Waals surface area (Å²) in [7, 11) is 0. The van der Waals surface area contributed by atoms with Gasteiger partial charge in [0.1, 0.15) is 0 Å². The molecular formula is C21H25N5O3. The van der Waals surface area contributed by atoms with Crippen LogP contribution in [-0.4, -0.2) is 70.0 Å². The minimum Gasteiger partial charge on any atom is -0.380 e. The number of hydrogen-bond acceptors (Lipinski definition) is 6. The lowest BCUT2D eigenvalue weighted by Crippen LogP contribution is -2.41. The smallest absolute Gasteiger partial charge is 0.257 e.